The first-order valence-electron chi connectivity index (χ1n) is 9.36. The molecule has 10 nitrogen and oxygen atoms in total. The van der Waals surface area contributed by atoms with Crippen LogP contribution >= 0.6 is 11.3 Å². The monoisotopic (exact) mass is 428 g/mol. The molecule has 1 amide bonds. The SMILES string of the molecule is CCCN(Cc1nnc(-c2cccs2)o1)C(=O)Cn1c(=O)c(C#N)cn(CC)c1=O. The van der Waals surface area contributed by atoms with Crippen LogP contribution in [0, 0.1) is 11.3 Å². The standard InChI is InChI=1S/C19H20N6O4S/c1-3-7-24(11-15-21-22-17(29-15)14-6-5-8-30-14)16(26)12-25-18(27)13(9-20)10-23(4-2)19(25)28/h5-6,8,10H,3-4,7,11-12H2,1-2H3. The molecule has 0 atom stereocenters. The summed E-state index contributed by atoms with van der Waals surface area (Å²) in [4.78, 5) is 40.1. The minimum atomic E-state index is -0.783. The van der Waals surface area contributed by atoms with E-state index in [1.165, 1.54) is 27.0 Å². The highest BCUT2D eigenvalue weighted by molar-refractivity contribution is 7.13. The van der Waals surface area contributed by atoms with Gasteiger partial charge in [-0.15, -0.1) is 21.5 Å². The minimum absolute atomic E-state index is 0.0553. The average molecular weight is 428 g/mol. The van der Waals surface area contributed by atoms with Crippen LogP contribution in [0.3, 0.4) is 0 Å². The van der Waals surface area contributed by atoms with Crippen LogP contribution in [0.25, 0.3) is 10.8 Å². The summed E-state index contributed by atoms with van der Waals surface area (Å²) in [6.07, 6.45) is 1.87. The van der Waals surface area contributed by atoms with Crippen molar-refractivity contribution in [2.24, 2.45) is 0 Å². The number of nitrogens with zero attached hydrogens (tertiary/aromatic N) is 6. The fourth-order valence-electron chi connectivity index (χ4n) is 2.87. The third kappa shape index (κ3) is 4.38. The Labute approximate surface area is 175 Å². The number of amides is 1. The van der Waals surface area contributed by atoms with Gasteiger partial charge in [0.2, 0.25) is 11.8 Å². The highest BCUT2D eigenvalue weighted by Crippen LogP contribution is 2.23. The van der Waals surface area contributed by atoms with Gasteiger partial charge in [-0.3, -0.25) is 14.2 Å². The number of aryl methyl sites for hydroxylation is 1. The van der Waals surface area contributed by atoms with Gasteiger partial charge in [-0.05, 0) is 24.8 Å². The fourth-order valence-corrected chi connectivity index (χ4v) is 3.52. The number of carbonyl (C=O) groups excluding carboxylic acids is 1. The Morgan fingerprint density at radius 3 is 2.77 bits per heavy atom. The first-order valence-corrected chi connectivity index (χ1v) is 10.2. The molecule has 156 valence electrons. The van der Waals surface area contributed by atoms with Gasteiger partial charge >= 0.3 is 5.69 Å². The van der Waals surface area contributed by atoms with Crippen molar-refractivity contribution in [3.8, 4) is 16.8 Å². The Hall–Kier alpha value is -3.52. The molecule has 0 N–H and O–H groups in total. The summed E-state index contributed by atoms with van der Waals surface area (Å²) in [5, 5.41) is 19.0. The van der Waals surface area contributed by atoms with Crippen LogP contribution < -0.4 is 11.2 Å². The lowest BCUT2D eigenvalue weighted by molar-refractivity contribution is -0.133. The van der Waals surface area contributed by atoms with Crippen molar-refractivity contribution >= 4 is 17.2 Å². The molecule has 3 rings (SSSR count). The third-order valence-corrected chi connectivity index (χ3v) is 5.22. The van der Waals surface area contributed by atoms with Crippen molar-refractivity contribution in [2.75, 3.05) is 6.54 Å². The molecule has 30 heavy (non-hydrogen) atoms. The van der Waals surface area contributed by atoms with E-state index in [1.807, 2.05) is 24.4 Å². The molecule has 0 aliphatic heterocycles. The van der Waals surface area contributed by atoms with Crippen molar-refractivity contribution in [3.05, 3.63) is 56.0 Å². The second kappa shape index (κ2) is 9.32. The van der Waals surface area contributed by atoms with E-state index in [-0.39, 0.29) is 24.5 Å². The summed E-state index contributed by atoms with van der Waals surface area (Å²) in [7, 11) is 0. The minimum Gasteiger partial charge on any atom is -0.418 e. The van der Waals surface area contributed by atoms with Crippen molar-refractivity contribution in [1.82, 2.24) is 24.2 Å². The first-order chi connectivity index (χ1) is 14.5. The van der Waals surface area contributed by atoms with Crippen LogP contribution in [0.2, 0.25) is 0 Å². The summed E-state index contributed by atoms with van der Waals surface area (Å²) in [6.45, 7) is 3.85. The molecule has 3 heterocycles. The van der Waals surface area contributed by atoms with Gasteiger partial charge < -0.3 is 9.32 Å². The molecule has 0 aliphatic rings. The number of carbonyl (C=O) groups is 1. The van der Waals surface area contributed by atoms with E-state index < -0.39 is 23.7 Å². The van der Waals surface area contributed by atoms with Gasteiger partial charge in [-0.1, -0.05) is 13.0 Å². The molecule has 3 aromatic rings. The molecule has 0 aliphatic carbocycles. The van der Waals surface area contributed by atoms with E-state index in [4.69, 9.17) is 9.68 Å². The van der Waals surface area contributed by atoms with Crippen LogP contribution in [0.5, 0.6) is 0 Å². The number of hydrogen-bond acceptors (Lipinski definition) is 8. The predicted octanol–water partition coefficient (Wildman–Crippen LogP) is 1.45. The largest absolute Gasteiger partial charge is 0.418 e. The Balaban J connectivity index is 1.84. The molecule has 0 saturated carbocycles. The van der Waals surface area contributed by atoms with Gasteiger partial charge in [0, 0.05) is 19.3 Å². The van der Waals surface area contributed by atoms with Crippen LogP contribution in [0.1, 0.15) is 31.7 Å². The van der Waals surface area contributed by atoms with Gasteiger partial charge in [-0.25, -0.2) is 9.36 Å². The highest BCUT2D eigenvalue weighted by atomic mass is 32.1. The summed E-state index contributed by atoms with van der Waals surface area (Å²) in [6, 6.07) is 5.49. The van der Waals surface area contributed by atoms with Crippen LogP contribution in [0.15, 0.2) is 37.7 Å². The summed E-state index contributed by atoms with van der Waals surface area (Å²) in [5.74, 6) is 0.168. The number of hydrogen-bond donors (Lipinski definition) is 0. The Kier molecular flexibility index (Phi) is 6.58. The quantitative estimate of drug-likeness (QED) is 0.531. The van der Waals surface area contributed by atoms with Gasteiger partial charge in [0.25, 0.3) is 11.4 Å². The van der Waals surface area contributed by atoms with Gasteiger partial charge in [0.05, 0.1) is 11.4 Å². The Morgan fingerprint density at radius 1 is 1.33 bits per heavy atom. The molecule has 3 aromatic heterocycles. The van der Waals surface area contributed by atoms with E-state index in [1.54, 1.807) is 13.0 Å². The second-order valence-electron chi connectivity index (χ2n) is 6.41. The van der Waals surface area contributed by atoms with Crippen molar-refractivity contribution in [2.45, 2.75) is 39.9 Å². The molecule has 0 radical (unpaired) electrons. The first kappa shape index (κ1) is 21.2. The lowest BCUT2D eigenvalue weighted by atomic mass is 10.3. The fraction of sp³-hybridized carbons (Fsp3) is 0.368. The van der Waals surface area contributed by atoms with Crippen molar-refractivity contribution in [1.29, 1.82) is 5.26 Å². The average Bonchev–Trinajstić information content (AvgIpc) is 3.43. The smallest absolute Gasteiger partial charge is 0.331 e. The topological polar surface area (TPSA) is 127 Å². The molecular formula is C19H20N6O4S. The molecular weight excluding hydrogens is 408 g/mol. The molecule has 0 saturated heterocycles. The molecule has 0 fully saturated rings. The lowest BCUT2D eigenvalue weighted by Crippen LogP contribution is -2.45. The zero-order chi connectivity index (χ0) is 21.7. The Morgan fingerprint density at radius 2 is 2.13 bits per heavy atom. The van der Waals surface area contributed by atoms with Crippen molar-refractivity contribution < 1.29 is 9.21 Å². The van der Waals surface area contributed by atoms with E-state index in [2.05, 4.69) is 10.2 Å². The molecule has 0 spiro atoms. The zero-order valence-electron chi connectivity index (χ0n) is 16.6. The number of aromatic nitrogens is 4. The van der Waals surface area contributed by atoms with E-state index in [0.717, 1.165) is 9.44 Å². The maximum Gasteiger partial charge on any atom is 0.331 e. The van der Waals surface area contributed by atoms with Gasteiger partial charge in [0.1, 0.15) is 18.2 Å². The third-order valence-electron chi connectivity index (χ3n) is 4.36. The lowest BCUT2D eigenvalue weighted by Gasteiger charge is -2.21. The predicted molar refractivity (Wildman–Crippen MR) is 109 cm³/mol. The van der Waals surface area contributed by atoms with Crippen LogP contribution in [-0.4, -0.2) is 36.7 Å². The molecule has 0 unspecified atom stereocenters. The number of rotatable bonds is 8. The second-order valence-corrected chi connectivity index (χ2v) is 7.36. The number of nitriles is 1. The van der Waals surface area contributed by atoms with E-state index in [9.17, 15) is 14.4 Å². The molecule has 0 aromatic carbocycles. The van der Waals surface area contributed by atoms with Crippen LogP contribution in [0.4, 0.5) is 0 Å². The summed E-state index contributed by atoms with van der Waals surface area (Å²) in [5.41, 5.74) is -1.61. The molecule has 11 heteroatoms. The van der Waals surface area contributed by atoms with Gasteiger partial charge in [-0.2, -0.15) is 5.26 Å². The highest BCUT2D eigenvalue weighted by Gasteiger charge is 2.21. The maximum absolute atomic E-state index is 12.9. The summed E-state index contributed by atoms with van der Waals surface area (Å²) >= 11 is 1.46. The van der Waals surface area contributed by atoms with Gasteiger partial charge in [0.15, 0.2) is 0 Å². The number of thiophene rings is 1. The van der Waals surface area contributed by atoms with Crippen molar-refractivity contribution in [3.63, 3.8) is 0 Å². The zero-order valence-corrected chi connectivity index (χ0v) is 17.4. The summed E-state index contributed by atoms with van der Waals surface area (Å²) < 4.78 is 7.66. The normalized spacial score (nSPS) is 10.7. The Bertz CT molecular complexity index is 1190. The molecule has 0 bridgehead atoms. The maximum atomic E-state index is 12.9. The van der Waals surface area contributed by atoms with E-state index in [0.29, 0.717) is 18.9 Å². The van der Waals surface area contributed by atoms with E-state index >= 15 is 0 Å². The van der Waals surface area contributed by atoms with Crippen LogP contribution in [-0.2, 0) is 24.4 Å².